The number of hydrogen-bond donors (Lipinski definition) is 2. The third kappa shape index (κ3) is 1.71. The number of methoxy groups -OCH3 is 1. The predicted molar refractivity (Wildman–Crippen MR) is 54.6 cm³/mol. The van der Waals surface area contributed by atoms with E-state index in [2.05, 4.69) is 4.98 Å². The molecular weight excluding hydrogens is 196 g/mol. The van der Waals surface area contributed by atoms with Crippen molar-refractivity contribution >= 4 is 0 Å². The number of benzene rings is 1. The molecule has 0 atom stereocenters. The second-order valence-electron chi connectivity index (χ2n) is 3.01. The quantitative estimate of drug-likeness (QED) is 0.766. The molecule has 0 aliphatic heterocycles. The Labute approximate surface area is 85.6 Å². The van der Waals surface area contributed by atoms with Crippen LogP contribution in [0, 0.1) is 0 Å². The van der Waals surface area contributed by atoms with Crippen LogP contribution >= 0.6 is 0 Å². The fraction of sp³-hybridized carbons (Fsp3) is 0.100. The molecule has 0 saturated carbocycles. The van der Waals surface area contributed by atoms with Gasteiger partial charge < -0.3 is 9.84 Å². The van der Waals surface area contributed by atoms with Gasteiger partial charge in [-0.2, -0.15) is 0 Å². The van der Waals surface area contributed by atoms with Crippen LogP contribution in [0.5, 0.6) is 11.6 Å². The lowest BCUT2D eigenvalue weighted by atomic mass is 10.3. The van der Waals surface area contributed by atoms with Gasteiger partial charge >= 0.3 is 5.69 Å². The minimum absolute atomic E-state index is 0.157. The minimum atomic E-state index is -0.377. The van der Waals surface area contributed by atoms with E-state index in [-0.39, 0.29) is 11.6 Å². The lowest BCUT2D eigenvalue weighted by Crippen LogP contribution is -2.13. The maximum atomic E-state index is 11.3. The van der Waals surface area contributed by atoms with Crippen LogP contribution < -0.4 is 10.4 Å². The molecule has 0 spiro atoms. The monoisotopic (exact) mass is 206 g/mol. The van der Waals surface area contributed by atoms with Crippen LogP contribution in [0.2, 0.25) is 0 Å². The third-order valence-corrected chi connectivity index (χ3v) is 2.06. The van der Waals surface area contributed by atoms with Crippen molar-refractivity contribution in [1.82, 2.24) is 9.55 Å². The Morgan fingerprint density at radius 2 is 2.00 bits per heavy atom. The SMILES string of the molecule is COc1ccc(-n2cc(O)[nH]c2=O)cc1. The van der Waals surface area contributed by atoms with E-state index in [0.29, 0.717) is 11.4 Å². The molecule has 2 aromatic rings. The van der Waals surface area contributed by atoms with Gasteiger partial charge in [-0.05, 0) is 24.3 Å². The van der Waals surface area contributed by atoms with Crippen molar-refractivity contribution in [1.29, 1.82) is 0 Å². The zero-order valence-corrected chi connectivity index (χ0v) is 8.10. The van der Waals surface area contributed by atoms with Crippen molar-refractivity contribution in [2.45, 2.75) is 0 Å². The van der Waals surface area contributed by atoms with E-state index in [1.807, 2.05) is 0 Å². The second kappa shape index (κ2) is 3.53. The Hall–Kier alpha value is -2.17. The van der Waals surface area contributed by atoms with Gasteiger partial charge in [-0.3, -0.25) is 9.55 Å². The maximum Gasteiger partial charge on any atom is 0.332 e. The van der Waals surface area contributed by atoms with Crippen molar-refractivity contribution in [3.05, 3.63) is 40.9 Å². The van der Waals surface area contributed by atoms with Crippen LogP contribution in [-0.4, -0.2) is 21.8 Å². The highest BCUT2D eigenvalue weighted by molar-refractivity contribution is 5.37. The first-order valence-corrected chi connectivity index (χ1v) is 4.36. The summed E-state index contributed by atoms with van der Waals surface area (Å²) in [4.78, 5) is 13.6. The van der Waals surface area contributed by atoms with E-state index in [0.717, 1.165) is 0 Å². The van der Waals surface area contributed by atoms with Gasteiger partial charge in [-0.1, -0.05) is 0 Å². The van der Waals surface area contributed by atoms with Crippen LogP contribution in [0.25, 0.3) is 5.69 Å². The molecule has 0 aliphatic rings. The lowest BCUT2D eigenvalue weighted by molar-refractivity contribution is 0.414. The molecular formula is C10H10N2O3. The van der Waals surface area contributed by atoms with Crippen LogP contribution in [0.1, 0.15) is 0 Å². The van der Waals surface area contributed by atoms with Gasteiger partial charge in [0.2, 0.25) is 5.88 Å². The molecule has 0 bridgehead atoms. The third-order valence-electron chi connectivity index (χ3n) is 2.06. The van der Waals surface area contributed by atoms with E-state index in [4.69, 9.17) is 9.84 Å². The fourth-order valence-corrected chi connectivity index (χ4v) is 1.32. The van der Waals surface area contributed by atoms with Gasteiger partial charge in [-0.15, -0.1) is 0 Å². The first-order valence-electron chi connectivity index (χ1n) is 4.36. The van der Waals surface area contributed by atoms with Crippen molar-refractivity contribution < 1.29 is 9.84 Å². The van der Waals surface area contributed by atoms with E-state index < -0.39 is 0 Å². The summed E-state index contributed by atoms with van der Waals surface area (Å²) >= 11 is 0. The van der Waals surface area contributed by atoms with E-state index in [1.165, 1.54) is 10.8 Å². The molecule has 0 amide bonds. The standard InChI is InChI=1S/C10H10N2O3/c1-15-8-4-2-7(3-5-8)12-6-9(13)11-10(12)14/h2-6,13H,1H3,(H,11,14). The van der Waals surface area contributed by atoms with Gasteiger partial charge in [0.15, 0.2) is 0 Å². The molecule has 5 heteroatoms. The maximum absolute atomic E-state index is 11.3. The molecule has 15 heavy (non-hydrogen) atoms. The van der Waals surface area contributed by atoms with Crippen molar-refractivity contribution in [3.63, 3.8) is 0 Å². The Balaban J connectivity index is 2.45. The molecule has 0 aliphatic carbocycles. The van der Waals surface area contributed by atoms with Crippen LogP contribution in [-0.2, 0) is 0 Å². The first kappa shape index (κ1) is 9.39. The highest BCUT2D eigenvalue weighted by Crippen LogP contribution is 2.14. The zero-order chi connectivity index (χ0) is 10.8. The van der Waals surface area contributed by atoms with E-state index in [1.54, 1.807) is 31.4 Å². The molecule has 0 unspecified atom stereocenters. The summed E-state index contributed by atoms with van der Waals surface area (Å²) in [5, 5.41) is 9.09. The number of H-pyrrole nitrogens is 1. The first-order chi connectivity index (χ1) is 7.20. The Bertz CT molecular complexity index is 510. The van der Waals surface area contributed by atoms with Gasteiger partial charge in [0.1, 0.15) is 5.75 Å². The average molecular weight is 206 g/mol. The predicted octanol–water partition coefficient (Wildman–Crippen LogP) is 0.880. The number of ether oxygens (including phenoxy) is 1. The number of aromatic nitrogens is 2. The molecule has 0 saturated heterocycles. The van der Waals surface area contributed by atoms with Crippen molar-refractivity contribution in [3.8, 4) is 17.3 Å². The van der Waals surface area contributed by atoms with Gasteiger partial charge in [0, 0.05) is 0 Å². The number of aromatic hydroxyl groups is 1. The molecule has 1 heterocycles. The molecule has 2 rings (SSSR count). The van der Waals surface area contributed by atoms with Crippen LogP contribution in [0.3, 0.4) is 0 Å². The number of nitrogens with zero attached hydrogens (tertiary/aromatic N) is 1. The molecule has 2 N–H and O–H groups in total. The normalized spacial score (nSPS) is 10.2. The largest absolute Gasteiger partial charge is 0.497 e. The summed E-state index contributed by atoms with van der Waals surface area (Å²) in [6.07, 6.45) is 1.32. The highest BCUT2D eigenvalue weighted by atomic mass is 16.5. The average Bonchev–Trinajstić information content (AvgIpc) is 2.58. The van der Waals surface area contributed by atoms with Crippen LogP contribution in [0.4, 0.5) is 0 Å². The van der Waals surface area contributed by atoms with Crippen molar-refractivity contribution in [2.75, 3.05) is 7.11 Å². The van der Waals surface area contributed by atoms with E-state index in [9.17, 15) is 4.79 Å². The minimum Gasteiger partial charge on any atom is -0.497 e. The van der Waals surface area contributed by atoms with E-state index >= 15 is 0 Å². The number of nitrogens with one attached hydrogen (secondary N) is 1. The fourth-order valence-electron chi connectivity index (χ4n) is 1.32. The van der Waals surface area contributed by atoms with Crippen molar-refractivity contribution in [2.24, 2.45) is 0 Å². The van der Waals surface area contributed by atoms with Gasteiger partial charge in [0.25, 0.3) is 0 Å². The molecule has 5 nitrogen and oxygen atoms in total. The molecule has 1 aromatic heterocycles. The Morgan fingerprint density at radius 3 is 2.47 bits per heavy atom. The lowest BCUT2D eigenvalue weighted by Gasteiger charge is -2.02. The molecule has 0 fully saturated rings. The molecule has 1 aromatic carbocycles. The summed E-state index contributed by atoms with van der Waals surface area (Å²) in [6.45, 7) is 0. The summed E-state index contributed by atoms with van der Waals surface area (Å²) < 4.78 is 6.31. The summed E-state index contributed by atoms with van der Waals surface area (Å²) in [6, 6.07) is 6.94. The number of rotatable bonds is 2. The van der Waals surface area contributed by atoms with Gasteiger partial charge in [-0.25, -0.2) is 4.79 Å². The number of aromatic amines is 1. The second-order valence-corrected chi connectivity index (χ2v) is 3.01. The Morgan fingerprint density at radius 1 is 1.33 bits per heavy atom. The zero-order valence-electron chi connectivity index (χ0n) is 8.10. The summed E-state index contributed by atoms with van der Waals surface area (Å²) in [5.41, 5.74) is 0.287. The smallest absolute Gasteiger partial charge is 0.332 e. The summed E-state index contributed by atoms with van der Waals surface area (Å²) in [7, 11) is 1.57. The van der Waals surface area contributed by atoms with Crippen LogP contribution in [0.15, 0.2) is 35.3 Å². The Kier molecular flexibility index (Phi) is 2.21. The topological polar surface area (TPSA) is 67.2 Å². The summed E-state index contributed by atoms with van der Waals surface area (Å²) in [5.74, 6) is 0.558. The van der Waals surface area contributed by atoms with Gasteiger partial charge in [0.05, 0.1) is 19.0 Å². The molecule has 78 valence electrons. The molecule has 0 radical (unpaired) electrons. The highest BCUT2D eigenvalue weighted by Gasteiger charge is 2.03. The number of imidazole rings is 1. The number of hydrogen-bond acceptors (Lipinski definition) is 3.